The lowest BCUT2D eigenvalue weighted by Crippen LogP contribution is -2.49. The fourth-order valence-electron chi connectivity index (χ4n) is 3.85. The highest BCUT2D eigenvalue weighted by Gasteiger charge is 2.47. The molecule has 1 atom stereocenters. The van der Waals surface area contributed by atoms with Crippen LogP contribution in [0.5, 0.6) is 5.75 Å². The van der Waals surface area contributed by atoms with Crippen molar-refractivity contribution in [2.45, 2.75) is 23.5 Å². The van der Waals surface area contributed by atoms with Gasteiger partial charge in [-0.2, -0.15) is 4.31 Å². The number of ether oxygens (including phenoxy) is 2. The summed E-state index contributed by atoms with van der Waals surface area (Å²) < 4.78 is 39.5. The Bertz CT molecular complexity index is 885. The maximum atomic E-state index is 13.2. The molecule has 0 radical (unpaired) electrons. The van der Waals surface area contributed by atoms with Gasteiger partial charge in [0.15, 0.2) is 0 Å². The predicted molar refractivity (Wildman–Crippen MR) is 105 cm³/mol. The summed E-state index contributed by atoms with van der Waals surface area (Å²) in [5.74, 6) is 0.454. The zero-order valence-corrected chi connectivity index (χ0v) is 17.0. The molecule has 0 amide bonds. The Labute approximate surface area is 164 Å². The highest BCUT2D eigenvalue weighted by Crippen LogP contribution is 2.38. The van der Waals surface area contributed by atoms with Gasteiger partial charge in [-0.3, -0.25) is 4.90 Å². The third-order valence-corrected chi connectivity index (χ3v) is 7.90. The van der Waals surface area contributed by atoms with Gasteiger partial charge in [-0.05, 0) is 23.6 Å². The van der Waals surface area contributed by atoms with Crippen LogP contribution < -0.4 is 4.74 Å². The maximum absolute atomic E-state index is 13.2. The van der Waals surface area contributed by atoms with Crippen LogP contribution in [0.15, 0.2) is 46.7 Å². The summed E-state index contributed by atoms with van der Waals surface area (Å²) in [4.78, 5) is 3.90. The number of rotatable bonds is 5. The number of hydrogen-bond donors (Lipinski definition) is 0. The highest BCUT2D eigenvalue weighted by molar-refractivity contribution is 7.89. The number of methoxy groups -OCH3 is 1. The zero-order chi connectivity index (χ0) is 18.9. The molecule has 4 rings (SSSR count). The topological polar surface area (TPSA) is 59.1 Å². The lowest BCUT2D eigenvalue weighted by molar-refractivity contribution is 0.0534. The average molecular weight is 409 g/mol. The van der Waals surface area contributed by atoms with E-state index in [9.17, 15) is 8.42 Å². The first-order chi connectivity index (χ1) is 13.0. The van der Waals surface area contributed by atoms with Crippen LogP contribution in [-0.4, -0.2) is 63.1 Å². The van der Waals surface area contributed by atoms with E-state index in [-0.39, 0.29) is 4.90 Å². The van der Waals surface area contributed by atoms with Crippen molar-refractivity contribution in [3.63, 3.8) is 0 Å². The van der Waals surface area contributed by atoms with Crippen LogP contribution in [0.2, 0.25) is 0 Å². The van der Waals surface area contributed by atoms with Crippen molar-refractivity contribution in [3.05, 3.63) is 46.7 Å². The molecule has 0 aliphatic carbocycles. The van der Waals surface area contributed by atoms with Gasteiger partial charge >= 0.3 is 0 Å². The van der Waals surface area contributed by atoms with E-state index in [1.165, 1.54) is 9.18 Å². The number of para-hydroxylation sites is 1. The Balaban J connectivity index is 1.64. The summed E-state index contributed by atoms with van der Waals surface area (Å²) in [7, 11) is -2.02. The summed E-state index contributed by atoms with van der Waals surface area (Å²) in [5.41, 5.74) is -0.537. The summed E-state index contributed by atoms with van der Waals surface area (Å²) in [5, 5.41) is 2.08. The van der Waals surface area contributed by atoms with Crippen molar-refractivity contribution in [1.29, 1.82) is 0 Å². The van der Waals surface area contributed by atoms with Crippen LogP contribution in [0.4, 0.5) is 0 Å². The van der Waals surface area contributed by atoms with Gasteiger partial charge in [0.1, 0.15) is 16.2 Å². The molecule has 2 aliphatic rings. The minimum absolute atomic E-state index is 0.245. The molecule has 0 unspecified atom stereocenters. The van der Waals surface area contributed by atoms with Crippen LogP contribution in [-0.2, 0) is 21.3 Å². The molecule has 1 saturated heterocycles. The van der Waals surface area contributed by atoms with Crippen LogP contribution in [0, 0.1) is 0 Å². The second-order valence-electron chi connectivity index (χ2n) is 7.10. The molecule has 8 heteroatoms. The van der Waals surface area contributed by atoms with Gasteiger partial charge in [0.05, 0.1) is 13.2 Å². The van der Waals surface area contributed by atoms with Crippen molar-refractivity contribution >= 4 is 21.4 Å². The third kappa shape index (κ3) is 3.77. The van der Waals surface area contributed by atoms with Gasteiger partial charge in [-0.25, -0.2) is 8.42 Å². The van der Waals surface area contributed by atoms with Gasteiger partial charge in [0.25, 0.3) is 0 Å². The molecule has 6 nitrogen and oxygen atoms in total. The smallest absolute Gasteiger partial charge is 0.246 e. The van der Waals surface area contributed by atoms with Crippen molar-refractivity contribution in [1.82, 2.24) is 9.21 Å². The second-order valence-corrected chi connectivity index (χ2v) is 10.0. The first-order valence-electron chi connectivity index (χ1n) is 9.04. The standard InChI is InChI=1S/C19H24N2O4S2/c1-24-11-10-21-15-19(8-9-20(14-19)13-16-5-4-12-26-16)25-17-6-2-3-7-18(17)27(21,22)23/h2-7,12H,8-11,13-15H2,1H3/t19-/m0/s1. The van der Waals surface area contributed by atoms with Crippen LogP contribution >= 0.6 is 11.3 Å². The number of fused-ring (bicyclic) bond motifs is 1. The molecule has 1 fully saturated rings. The van der Waals surface area contributed by atoms with Gasteiger partial charge in [0, 0.05) is 44.6 Å². The number of benzene rings is 1. The Kier molecular flexibility index (Phi) is 5.26. The molecule has 3 heterocycles. The zero-order valence-electron chi connectivity index (χ0n) is 15.3. The van der Waals surface area contributed by atoms with Crippen molar-refractivity contribution in [3.8, 4) is 5.75 Å². The molecule has 2 aromatic rings. The quantitative estimate of drug-likeness (QED) is 0.761. The molecule has 0 bridgehead atoms. The Morgan fingerprint density at radius 2 is 2.07 bits per heavy atom. The molecular formula is C19H24N2O4S2. The predicted octanol–water partition coefficient (Wildman–Crippen LogP) is 2.42. The monoisotopic (exact) mass is 408 g/mol. The van der Waals surface area contributed by atoms with E-state index < -0.39 is 15.6 Å². The Morgan fingerprint density at radius 3 is 2.85 bits per heavy atom. The van der Waals surface area contributed by atoms with Crippen LogP contribution in [0.1, 0.15) is 11.3 Å². The molecule has 146 valence electrons. The first-order valence-corrected chi connectivity index (χ1v) is 11.4. The van der Waals surface area contributed by atoms with Crippen molar-refractivity contribution in [2.24, 2.45) is 0 Å². The molecule has 1 aromatic carbocycles. The van der Waals surface area contributed by atoms with Crippen molar-refractivity contribution in [2.75, 3.05) is 39.9 Å². The normalized spacial score (nSPS) is 25.2. The number of hydrogen-bond acceptors (Lipinski definition) is 6. The highest BCUT2D eigenvalue weighted by atomic mass is 32.2. The largest absolute Gasteiger partial charge is 0.483 e. The number of nitrogens with zero attached hydrogens (tertiary/aromatic N) is 2. The maximum Gasteiger partial charge on any atom is 0.246 e. The Hall–Kier alpha value is -1.45. The molecular weight excluding hydrogens is 384 g/mol. The van der Waals surface area contributed by atoms with Crippen LogP contribution in [0.25, 0.3) is 0 Å². The van der Waals surface area contributed by atoms with Gasteiger partial charge < -0.3 is 9.47 Å². The fourth-order valence-corrected chi connectivity index (χ4v) is 6.21. The lowest BCUT2D eigenvalue weighted by Gasteiger charge is -2.32. The summed E-state index contributed by atoms with van der Waals surface area (Å²) in [6.07, 6.45) is 0.797. The second kappa shape index (κ2) is 7.52. The van der Waals surface area contributed by atoms with E-state index in [2.05, 4.69) is 22.4 Å². The molecule has 1 aromatic heterocycles. The number of likely N-dealkylation sites (tertiary alicyclic amines) is 1. The van der Waals surface area contributed by atoms with Crippen molar-refractivity contribution < 1.29 is 17.9 Å². The van der Waals surface area contributed by atoms with Gasteiger partial charge in [-0.15, -0.1) is 11.3 Å². The summed E-state index contributed by atoms with van der Waals surface area (Å²) in [6.45, 7) is 3.49. The lowest BCUT2D eigenvalue weighted by atomic mass is 10.0. The molecule has 1 spiro atoms. The fraction of sp³-hybridized carbons (Fsp3) is 0.474. The summed E-state index contributed by atoms with van der Waals surface area (Å²) in [6, 6.07) is 11.1. The average Bonchev–Trinajstić information content (AvgIpc) is 3.28. The SMILES string of the molecule is COCCN1C[C@@]2(CCN(Cc3cccs3)C2)Oc2ccccc2S1(=O)=O. The molecule has 2 aliphatic heterocycles. The first kappa shape index (κ1) is 18.9. The molecule has 0 N–H and O–H groups in total. The minimum atomic E-state index is -3.61. The number of sulfonamides is 1. The van der Waals surface area contributed by atoms with E-state index in [1.807, 2.05) is 6.07 Å². The van der Waals surface area contributed by atoms with Crippen LogP contribution in [0.3, 0.4) is 0 Å². The molecule has 27 heavy (non-hydrogen) atoms. The Morgan fingerprint density at radius 1 is 1.22 bits per heavy atom. The van der Waals surface area contributed by atoms with E-state index in [4.69, 9.17) is 9.47 Å². The van der Waals surface area contributed by atoms with E-state index in [1.54, 1.807) is 36.6 Å². The number of thiophene rings is 1. The van der Waals surface area contributed by atoms with E-state index >= 15 is 0 Å². The van der Waals surface area contributed by atoms with E-state index in [0.717, 1.165) is 19.5 Å². The van der Waals surface area contributed by atoms with E-state index in [0.29, 0.717) is 32.0 Å². The van der Waals surface area contributed by atoms with Gasteiger partial charge in [0.2, 0.25) is 10.0 Å². The minimum Gasteiger partial charge on any atom is -0.483 e. The molecule has 0 saturated carbocycles. The third-order valence-electron chi connectivity index (χ3n) is 5.16. The van der Waals surface area contributed by atoms with Gasteiger partial charge in [-0.1, -0.05) is 18.2 Å². The summed E-state index contributed by atoms with van der Waals surface area (Å²) >= 11 is 1.74.